The molecule has 6 bridgehead atoms. The smallest absolute Gasteiger partial charge is 0.330 e. The van der Waals surface area contributed by atoms with Crippen LogP contribution in [0.1, 0.15) is 137 Å². The molecule has 4 rings (SSSR count). The van der Waals surface area contributed by atoms with E-state index in [1.165, 1.54) is 20.1 Å². The van der Waals surface area contributed by atoms with Gasteiger partial charge in [0.15, 0.2) is 6.10 Å². The Hall–Kier alpha value is -2.35. The number of unbranched alkanes of at least 4 members (excludes halogenated alkanes) is 4. The Morgan fingerprint density at radius 1 is 0.962 bits per heavy atom. The summed E-state index contributed by atoms with van der Waals surface area (Å²) in [5.74, 6) is -4.12. The summed E-state index contributed by atoms with van der Waals surface area (Å²) in [4.78, 5) is 39.2. The molecule has 3 fully saturated rings. The SMILES string of the molecule is CCCCCCCC(=O)O[C@H]1/C(=C/C(=O)OC)C[C@H]2C[C@H]([C@H](C)O)OC(=O)C[C@H](O)C[C@@H]3CCC[C@H](C[C@@H]4CCC[C@H](/C=C\C(C)(C)[C@]1(O)O2)O4)O3. The van der Waals surface area contributed by atoms with Gasteiger partial charge in [-0.05, 0) is 70.3 Å². The molecule has 10 atom stereocenters. The van der Waals surface area contributed by atoms with Gasteiger partial charge < -0.3 is 43.7 Å². The van der Waals surface area contributed by atoms with E-state index in [0.717, 1.165) is 64.2 Å². The quantitative estimate of drug-likeness (QED) is 0.0893. The fourth-order valence-corrected chi connectivity index (χ4v) is 7.90. The van der Waals surface area contributed by atoms with E-state index in [1.54, 1.807) is 13.8 Å². The van der Waals surface area contributed by atoms with Crippen LogP contribution in [0, 0.1) is 5.41 Å². The molecule has 0 aliphatic carbocycles. The molecule has 52 heavy (non-hydrogen) atoms. The number of ether oxygens (including phenoxy) is 6. The first kappa shape index (κ1) is 42.4. The second-order valence-corrected chi connectivity index (χ2v) is 15.9. The van der Waals surface area contributed by atoms with Crippen LogP contribution in [0.15, 0.2) is 23.8 Å². The summed E-state index contributed by atoms with van der Waals surface area (Å²) in [6.45, 7) is 7.14. The number of carbonyl (C=O) groups is 3. The number of esters is 3. The lowest BCUT2D eigenvalue weighted by molar-refractivity contribution is -0.327. The average Bonchev–Trinajstić information content (AvgIpc) is 3.08. The summed E-state index contributed by atoms with van der Waals surface area (Å²) in [6, 6.07) is 0. The normalized spacial score (nSPS) is 36.5. The number of hydrogen-bond donors (Lipinski definition) is 3. The van der Waals surface area contributed by atoms with E-state index >= 15 is 0 Å². The van der Waals surface area contributed by atoms with Crippen LogP contribution < -0.4 is 0 Å². The van der Waals surface area contributed by atoms with Crippen molar-refractivity contribution in [3.63, 3.8) is 0 Å². The Morgan fingerprint density at radius 3 is 2.33 bits per heavy atom. The third-order valence-corrected chi connectivity index (χ3v) is 11.0. The molecule has 0 aromatic heterocycles. The lowest BCUT2D eigenvalue weighted by Gasteiger charge is -2.51. The number of aliphatic hydroxyl groups is 3. The van der Waals surface area contributed by atoms with Gasteiger partial charge in [0.05, 0.1) is 56.3 Å². The lowest BCUT2D eigenvalue weighted by Crippen LogP contribution is -2.62. The van der Waals surface area contributed by atoms with Gasteiger partial charge in [-0.15, -0.1) is 0 Å². The van der Waals surface area contributed by atoms with Crippen LogP contribution in [0.3, 0.4) is 0 Å². The molecule has 0 saturated carbocycles. The third-order valence-electron chi connectivity index (χ3n) is 11.0. The number of hydrogen-bond acceptors (Lipinski definition) is 12. The van der Waals surface area contributed by atoms with Crippen molar-refractivity contribution in [1.29, 1.82) is 0 Å². The zero-order chi connectivity index (χ0) is 37.9. The highest BCUT2D eigenvalue weighted by Gasteiger charge is 2.57. The summed E-state index contributed by atoms with van der Waals surface area (Å²) in [7, 11) is 1.24. The molecule has 3 N–H and O–H groups in total. The molecule has 12 nitrogen and oxygen atoms in total. The highest BCUT2D eigenvalue weighted by molar-refractivity contribution is 5.83. The first-order valence-corrected chi connectivity index (χ1v) is 19.7. The summed E-state index contributed by atoms with van der Waals surface area (Å²) in [6.07, 6.45) is 9.76. The molecular weight excluding hydrogens is 672 g/mol. The summed E-state index contributed by atoms with van der Waals surface area (Å²) < 4.78 is 36.1. The topological polar surface area (TPSA) is 167 Å². The minimum Gasteiger partial charge on any atom is -0.466 e. The Balaban J connectivity index is 1.70. The fraction of sp³-hybridized carbons (Fsp3) is 0.825. The second-order valence-electron chi connectivity index (χ2n) is 15.9. The van der Waals surface area contributed by atoms with Crippen molar-refractivity contribution in [3.8, 4) is 0 Å². The Morgan fingerprint density at radius 2 is 1.63 bits per heavy atom. The molecule has 0 aromatic rings. The molecule has 4 aliphatic rings. The lowest BCUT2D eigenvalue weighted by atomic mass is 9.74. The maximum Gasteiger partial charge on any atom is 0.330 e. The van der Waals surface area contributed by atoms with Gasteiger partial charge in [0.25, 0.3) is 0 Å². The number of cyclic esters (lactones) is 1. The summed E-state index contributed by atoms with van der Waals surface area (Å²) >= 11 is 0. The van der Waals surface area contributed by atoms with Gasteiger partial charge in [-0.2, -0.15) is 0 Å². The number of aliphatic hydroxyl groups excluding tert-OH is 2. The molecule has 0 spiro atoms. The first-order valence-electron chi connectivity index (χ1n) is 19.7. The zero-order valence-electron chi connectivity index (χ0n) is 32.0. The summed E-state index contributed by atoms with van der Waals surface area (Å²) in [5, 5.41) is 34.3. The van der Waals surface area contributed by atoms with Gasteiger partial charge in [-0.1, -0.05) is 58.6 Å². The number of methoxy groups -OCH3 is 1. The van der Waals surface area contributed by atoms with E-state index in [4.69, 9.17) is 28.4 Å². The molecule has 12 heteroatoms. The van der Waals surface area contributed by atoms with Gasteiger partial charge in [0, 0.05) is 30.8 Å². The van der Waals surface area contributed by atoms with Gasteiger partial charge in [0.2, 0.25) is 5.79 Å². The van der Waals surface area contributed by atoms with Crippen LogP contribution in [-0.2, 0) is 42.8 Å². The van der Waals surface area contributed by atoms with Gasteiger partial charge in [-0.25, -0.2) is 4.79 Å². The number of carbonyl (C=O) groups excluding carboxylic acids is 3. The molecule has 0 radical (unpaired) electrons. The Kier molecular flexibility index (Phi) is 16.2. The van der Waals surface area contributed by atoms with Crippen molar-refractivity contribution < 1.29 is 58.1 Å². The molecule has 4 heterocycles. The van der Waals surface area contributed by atoms with Crippen LogP contribution in [0.5, 0.6) is 0 Å². The standard InChI is InChI=1S/C40H64O12/c1-6-7-8-9-10-17-35(43)51-38-27(21-36(44)47-5)20-33-25-34(26(2)41)50-37(45)23-28(42)22-30-14-12-16-32(49-30)24-31-15-11-13-29(48-31)18-19-39(3,4)40(38,46)52-33/h18-19,21,26,28-34,38,41-42,46H,6-17,20,22-25H2,1-5H3/b19-18-,27-21+/t26-,28+,29+,30-,31-,32+,33-,34+,38-,40+/m0/s1. The van der Waals surface area contributed by atoms with Gasteiger partial charge in [-0.3, -0.25) is 9.59 Å². The van der Waals surface area contributed by atoms with Crippen LogP contribution in [0.2, 0.25) is 0 Å². The largest absolute Gasteiger partial charge is 0.466 e. The van der Waals surface area contributed by atoms with E-state index < -0.39 is 59.6 Å². The van der Waals surface area contributed by atoms with Crippen molar-refractivity contribution >= 4 is 17.9 Å². The predicted molar refractivity (Wildman–Crippen MR) is 192 cm³/mol. The molecule has 0 unspecified atom stereocenters. The van der Waals surface area contributed by atoms with Crippen LogP contribution >= 0.6 is 0 Å². The number of rotatable bonds is 9. The maximum atomic E-state index is 13.3. The van der Waals surface area contributed by atoms with Crippen molar-refractivity contribution in [2.24, 2.45) is 5.41 Å². The van der Waals surface area contributed by atoms with E-state index in [1.807, 2.05) is 12.2 Å². The molecule has 0 aromatic carbocycles. The first-order chi connectivity index (χ1) is 24.7. The molecule has 0 amide bonds. The Bertz CT molecular complexity index is 1230. The minimum absolute atomic E-state index is 0.0165. The van der Waals surface area contributed by atoms with Crippen molar-refractivity contribution in [1.82, 2.24) is 0 Å². The molecule has 4 aliphatic heterocycles. The van der Waals surface area contributed by atoms with Crippen molar-refractivity contribution in [2.45, 2.75) is 198 Å². The molecule has 296 valence electrons. The van der Waals surface area contributed by atoms with Gasteiger partial charge in [0.1, 0.15) is 6.10 Å². The van der Waals surface area contributed by atoms with Crippen molar-refractivity contribution in [2.75, 3.05) is 7.11 Å². The number of fused-ring (bicyclic) bond motifs is 6. The second kappa shape index (κ2) is 19.8. The van der Waals surface area contributed by atoms with E-state index in [2.05, 4.69) is 6.92 Å². The highest BCUT2D eigenvalue weighted by Crippen LogP contribution is 2.47. The molecule has 3 saturated heterocycles. The predicted octanol–water partition coefficient (Wildman–Crippen LogP) is 5.52. The van der Waals surface area contributed by atoms with Gasteiger partial charge >= 0.3 is 17.9 Å². The van der Waals surface area contributed by atoms with E-state index in [9.17, 15) is 29.7 Å². The van der Waals surface area contributed by atoms with Crippen LogP contribution in [-0.4, -0.2) is 101 Å². The summed E-state index contributed by atoms with van der Waals surface area (Å²) in [5.41, 5.74) is -0.939. The highest BCUT2D eigenvalue weighted by atomic mass is 16.7. The Labute approximate surface area is 309 Å². The van der Waals surface area contributed by atoms with Crippen LogP contribution in [0.4, 0.5) is 0 Å². The third kappa shape index (κ3) is 12.1. The van der Waals surface area contributed by atoms with E-state index in [-0.39, 0.29) is 62.1 Å². The molecular formula is C40H64O12. The average molecular weight is 737 g/mol. The maximum absolute atomic E-state index is 13.3. The fourth-order valence-electron chi connectivity index (χ4n) is 7.90. The van der Waals surface area contributed by atoms with Crippen LogP contribution in [0.25, 0.3) is 0 Å². The zero-order valence-corrected chi connectivity index (χ0v) is 32.0. The minimum atomic E-state index is -2.20. The monoisotopic (exact) mass is 736 g/mol. The van der Waals surface area contributed by atoms with E-state index in [0.29, 0.717) is 12.8 Å². The van der Waals surface area contributed by atoms with Crippen molar-refractivity contribution in [3.05, 3.63) is 23.8 Å².